The second-order valence-electron chi connectivity index (χ2n) is 7.37. The van der Waals surface area contributed by atoms with Gasteiger partial charge in [0.25, 0.3) is 11.8 Å². The molecule has 3 aromatic carbocycles. The third kappa shape index (κ3) is 3.74. The van der Waals surface area contributed by atoms with Crippen LogP contribution in [0.15, 0.2) is 66.4 Å². The Balaban J connectivity index is 1.89. The number of hydrogen-bond donors (Lipinski definition) is 1. The van der Waals surface area contributed by atoms with Gasteiger partial charge in [-0.05, 0) is 55.3 Å². The summed E-state index contributed by atoms with van der Waals surface area (Å²) in [6.07, 6.45) is 0. The minimum absolute atomic E-state index is 0.140. The van der Waals surface area contributed by atoms with E-state index >= 15 is 0 Å². The molecule has 0 spiro atoms. The van der Waals surface area contributed by atoms with Crippen LogP contribution < -0.4 is 15.0 Å². The first-order chi connectivity index (χ1) is 15.3. The maximum absolute atomic E-state index is 13.6. The standard InChI is InChI=1S/C25H20Cl2N2O3/c1-14-11-12-16(13-19(14)27)29-24(30)22(17-7-4-5-10-21(17)32-3)23(25(29)31)28-20-9-6-8-18(26)15(20)2/h4-13,28H,1-3H3. The molecule has 1 N–H and O–H groups in total. The molecule has 1 heterocycles. The van der Waals surface area contributed by atoms with Crippen molar-refractivity contribution in [2.75, 3.05) is 17.3 Å². The molecule has 4 rings (SSSR count). The van der Waals surface area contributed by atoms with Crippen LogP contribution in [-0.4, -0.2) is 18.9 Å². The average molecular weight is 467 g/mol. The zero-order valence-corrected chi connectivity index (χ0v) is 19.2. The summed E-state index contributed by atoms with van der Waals surface area (Å²) in [6, 6.07) is 17.5. The smallest absolute Gasteiger partial charge is 0.282 e. The highest BCUT2D eigenvalue weighted by molar-refractivity contribution is 6.46. The molecule has 0 aromatic heterocycles. The van der Waals surface area contributed by atoms with Crippen molar-refractivity contribution < 1.29 is 14.3 Å². The van der Waals surface area contributed by atoms with E-state index in [4.69, 9.17) is 27.9 Å². The monoisotopic (exact) mass is 466 g/mol. The van der Waals surface area contributed by atoms with Crippen molar-refractivity contribution in [1.82, 2.24) is 0 Å². The van der Waals surface area contributed by atoms with E-state index < -0.39 is 11.8 Å². The van der Waals surface area contributed by atoms with E-state index in [9.17, 15) is 9.59 Å². The number of nitrogens with one attached hydrogen (secondary N) is 1. The fourth-order valence-corrected chi connectivity index (χ4v) is 3.93. The number of hydrogen-bond acceptors (Lipinski definition) is 4. The van der Waals surface area contributed by atoms with Crippen LogP contribution in [0.4, 0.5) is 11.4 Å². The van der Waals surface area contributed by atoms with Gasteiger partial charge in [-0.2, -0.15) is 0 Å². The second kappa shape index (κ2) is 8.69. The van der Waals surface area contributed by atoms with Gasteiger partial charge in [-0.15, -0.1) is 0 Å². The number of carbonyl (C=O) groups excluding carboxylic acids is 2. The van der Waals surface area contributed by atoms with Crippen LogP contribution in [0.3, 0.4) is 0 Å². The summed E-state index contributed by atoms with van der Waals surface area (Å²) in [5, 5.41) is 4.17. The van der Waals surface area contributed by atoms with E-state index in [2.05, 4.69) is 5.32 Å². The molecule has 1 aliphatic rings. The first-order valence-electron chi connectivity index (χ1n) is 9.88. The molecule has 0 unspecified atom stereocenters. The molecule has 5 nitrogen and oxygen atoms in total. The molecule has 32 heavy (non-hydrogen) atoms. The summed E-state index contributed by atoms with van der Waals surface area (Å²) >= 11 is 12.5. The number of aryl methyl sites for hydroxylation is 1. The minimum atomic E-state index is -0.491. The third-order valence-electron chi connectivity index (χ3n) is 5.40. The van der Waals surface area contributed by atoms with Crippen molar-refractivity contribution in [3.63, 3.8) is 0 Å². The Morgan fingerprint density at radius 3 is 2.34 bits per heavy atom. The largest absolute Gasteiger partial charge is 0.496 e. The lowest BCUT2D eigenvalue weighted by Gasteiger charge is -2.17. The molecule has 0 radical (unpaired) electrons. The Hall–Kier alpha value is -3.28. The number of anilines is 2. The number of methoxy groups -OCH3 is 1. The normalized spacial score (nSPS) is 13.7. The summed E-state index contributed by atoms with van der Waals surface area (Å²) in [7, 11) is 1.52. The quantitative estimate of drug-likeness (QED) is 0.467. The zero-order valence-electron chi connectivity index (χ0n) is 17.7. The number of amides is 2. The predicted molar refractivity (Wildman–Crippen MR) is 128 cm³/mol. The number of halogens is 2. The first-order valence-corrected chi connectivity index (χ1v) is 10.6. The van der Waals surface area contributed by atoms with Crippen LogP contribution in [-0.2, 0) is 9.59 Å². The molecule has 1 aliphatic heterocycles. The second-order valence-corrected chi connectivity index (χ2v) is 8.18. The van der Waals surface area contributed by atoms with Crippen molar-refractivity contribution in [1.29, 1.82) is 0 Å². The number of imide groups is 1. The molecular formula is C25H20Cl2N2O3. The van der Waals surface area contributed by atoms with Gasteiger partial charge in [-0.1, -0.05) is 53.5 Å². The maximum atomic E-state index is 13.6. The Morgan fingerprint density at radius 2 is 1.62 bits per heavy atom. The average Bonchev–Trinajstić information content (AvgIpc) is 3.02. The minimum Gasteiger partial charge on any atom is -0.496 e. The lowest BCUT2D eigenvalue weighted by atomic mass is 10.0. The predicted octanol–water partition coefficient (Wildman–Crippen LogP) is 6.02. The molecule has 0 bridgehead atoms. The van der Waals surface area contributed by atoms with Crippen molar-refractivity contribution in [3.8, 4) is 5.75 Å². The molecule has 0 atom stereocenters. The third-order valence-corrected chi connectivity index (χ3v) is 6.22. The first kappa shape index (κ1) is 21.9. The lowest BCUT2D eigenvalue weighted by molar-refractivity contribution is -0.120. The van der Waals surface area contributed by atoms with Gasteiger partial charge in [0.05, 0.1) is 18.4 Å². The van der Waals surface area contributed by atoms with Gasteiger partial charge < -0.3 is 10.1 Å². The van der Waals surface area contributed by atoms with E-state index in [-0.39, 0.29) is 11.3 Å². The number of nitrogens with zero attached hydrogens (tertiary/aromatic N) is 1. The van der Waals surface area contributed by atoms with Crippen LogP contribution in [0.2, 0.25) is 10.0 Å². The van der Waals surface area contributed by atoms with Gasteiger partial charge in [-0.3, -0.25) is 9.59 Å². The summed E-state index contributed by atoms with van der Waals surface area (Å²) in [5.41, 5.74) is 3.49. The van der Waals surface area contributed by atoms with Crippen molar-refractivity contribution in [2.24, 2.45) is 0 Å². The Morgan fingerprint density at radius 1 is 0.875 bits per heavy atom. The fourth-order valence-electron chi connectivity index (χ4n) is 3.58. The number of rotatable bonds is 5. The van der Waals surface area contributed by atoms with Gasteiger partial charge in [0.2, 0.25) is 0 Å². The van der Waals surface area contributed by atoms with E-state index in [0.29, 0.717) is 32.7 Å². The number of carbonyl (C=O) groups is 2. The Labute approximate surface area is 196 Å². The maximum Gasteiger partial charge on any atom is 0.282 e. The van der Waals surface area contributed by atoms with Gasteiger partial charge in [-0.25, -0.2) is 4.90 Å². The molecule has 0 aliphatic carbocycles. The molecule has 7 heteroatoms. The molecule has 162 valence electrons. The van der Waals surface area contributed by atoms with Crippen LogP contribution >= 0.6 is 23.2 Å². The Bertz CT molecular complexity index is 1280. The fraction of sp³-hybridized carbons (Fsp3) is 0.120. The molecule has 0 fully saturated rings. The summed E-state index contributed by atoms with van der Waals surface area (Å²) in [4.78, 5) is 28.3. The van der Waals surface area contributed by atoms with Gasteiger partial charge in [0, 0.05) is 21.3 Å². The van der Waals surface area contributed by atoms with E-state index in [1.54, 1.807) is 60.7 Å². The van der Waals surface area contributed by atoms with Gasteiger partial charge in [0.1, 0.15) is 11.4 Å². The molecule has 3 aromatic rings. The lowest BCUT2D eigenvalue weighted by Crippen LogP contribution is -2.32. The van der Waals surface area contributed by atoms with Gasteiger partial charge >= 0.3 is 0 Å². The number of benzene rings is 3. The number of para-hydroxylation sites is 1. The summed E-state index contributed by atoms with van der Waals surface area (Å²) < 4.78 is 5.47. The molecule has 0 saturated heterocycles. The van der Waals surface area contributed by atoms with Crippen molar-refractivity contribution in [3.05, 3.63) is 93.1 Å². The van der Waals surface area contributed by atoms with Crippen LogP contribution in [0, 0.1) is 13.8 Å². The van der Waals surface area contributed by atoms with Crippen molar-refractivity contribution >= 4 is 52.0 Å². The zero-order chi connectivity index (χ0) is 23.0. The topological polar surface area (TPSA) is 58.6 Å². The van der Waals surface area contributed by atoms with Crippen LogP contribution in [0.5, 0.6) is 5.75 Å². The molecular weight excluding hydrogens is 447 g/mol. The summed E-state index contributed by atoms with van der Waals surface area (Å²) in [6.45, 7) is 3.69. The highest BCUT2D eigenvalue weighted by Crippen LogP contribution is 2.38. The Kier molecular flexibility index (Phi) is 5.96. The van der Waals surface area contributed by atoms with E-state index in [1.165, 1.54) is 7.11 Å². The summed E-state index contributed by atoms with van der Waals surface area (Å²) in [5.74, 6) is -0.480. The van der Waals surface area contributed by atoms with Crippen LogP contribution in [0.25, 0.3) is 5.57 Å². The highest BCUT2D eigenvalue weighted by atomic mass is 35.5. The van der Waals surface area contributed by atoms with E-state index in [1.807, 2.05) is 13.8 Å². The van der Waals surface area contributed by atoms with Crippen molar-refractivity contribution in [2.45, 2.75) is 13.8 Å². The SMILES string of the molecule is COc1ccccc1C1=C(Nc2cccc(Cl)c2C)C(=O)N(c2ccc(C)c(Cl)c2)C1=O. The number of ether oxygens (including phenoxy) is 1. The van der Waals surface area contributed by atoms with E-state index in [0.717, 1.165) is 16.0 Å². The highest BCUT2D eigenvalue weighted by Gasteiger charge is 2.41. The van der Waals surface area contributed by atoms with Gasteiger partial charge in [0.15, 0.2) is 0 Å². The molecule has 2 amide bonds. The van der Waals surface area contributed by atoms with Crippen LogP contribution in [0.1, 0.15) is 16.7 Å². The molecule has 0 saturated carbocycles.